The van der Waals surface area contributed by atoms with Gasteiger partial charge in [-0.15, -0.1) is 0 Å². The first-order valence-corrected chi connectivity index (χ1v) is 14.9. The summed E-state index contributed by atoms with van der Waals surface area (Å²) < 4.78 is 24.9. The number of amides is 1. The molecule has 9 heteroatoms. The standard InChI is InChI=1S/C35H34FN3O5/c1-43-31-20-29-27(19-28(31)34(42)39-21-25-3-2-15-37-25)30(12-16-38-29)44-26-10-6-23(7-11-26)18-33(41)35(13-14-35)32(40)17-22-4-8-24(36)9-5-22/h4-12,16,19-20,25,37H,2-3,13-15,17-18,21H2,1H3,(H,39,42)/t25-/m0/s1. The number of nitrogens with zero attached hydrogens (tertiary/aromatic N) is 1. The fraction of sp³-hybridized carbons (Fsp3) is 0.314. The number of rotatable bonds is 12. The van der Waals surface area contributed by atoms with Gasteiger partial charge in [0.05, 0.1) is 23.6 Å². The highest BCUT2D eigenvalue weighted by Gasteiger charge is 2.54. The molecule has 2 heterocycles. The van der Waals surface area contributed by atoms with Gasteiger partial charge in [0.15, 0.2) is 11.6 Å². The van der Waals surface area contributed by atoms with Crippen molar-refractivity contribution in [3.63, 3.8) is 0 Å². The van der Waals surface area contributed by atoms with Crippen molar-refractivity contribution in [3.8, 4) is 17.2 Å². The van der Waals surface area contributed by atoms with Gasteiger partial charge in [-0.25, -0.2) is 4.39 Å². The lowest BCUT2D eigenvalue weighted by molar-refractivity contribution is -0.133. The van der Waals surface area contributed by atoms with E-state index in [2.05, 4.69) is 15.6 Å². The molecule has 1 aliphatic heterocycles. The number of ketones is 2. The maximum atomic E-state index is 13.2. The molecule has 0 spiro atoms. The highest BCUT2D eigenvalue weighted by atomic mass is 19.1. The smallest absolute Gasteiger partial charge is 0.255 e. The molecule has 1 saturated carbocycles. The van der Waals surface area contributed by atoms with E-state index in [1.54, 1.807) is 48.7 Å². The fourth-order valence-electron chi connectivity index (χ4n) is 5.78. The summed E-state index contributed by atoms with van der Waals surface area (Å²) in [5, 5.41) is 7.04. The van der Waals surface area contributed by atoms with Crippen molar-refractivity contribution in [1.29, 1.82) is 0 Å². The molecule has 1 atom stereocenters. The lowest BCUT2D eigenvalue weighted by Gasteiger charge is -2.15. The topological polar surface area (TPSA) is 107 Å². The van der Waals surface area contributed by atoms with Crippen LogP contribution in [0.2, 0.25) is 0 Å². The number of carbonyl (C=O) groups is 3. The van der Waals surface area contributed by atoms with Crippen LogP contribution in [0, 0.1) is 11.2 Å². The van der Waals surface area contributed by atoms with Gasteiger partial charge in [-0.2, -0.15) is 0 Å². The van der Waals surface area contributed by atoms with Gasteiger partial charge in [0.1, 0.15) is 23.1 Å². The Morgan fingerprint density at radius 1 is 0.955 bits per heavy atom. The van der Waals surface area contributed by atoms with E-state index in [1.807, 2.05) is 12.1 Å². The summed E-state index contributed by atoms with van der Waals surface area (Å²) in [5.41, 5.74) is 1.55. The number of Topliss-reactive ketones (excluding diaryl/α,β-unsaturated/α-hetero) is 2. The Hall–Kier alpha value is -4.63. The minimum atomic E-state index is -0.946. The van der Waals surface area contributed by atoms with Crippen molar-refractivity contribution in [3.05, 3.63) is 95.4 Å². The number of halogens is 1. The number of aromatic nitrogens is 1. The molecule has 44 heavy (non-hydrogen) atoms. The van der Waals surface area contributed by atoms with Crippen molar-refractivity contribution in [2.24, 2.45) is 5.41 Å². The van der Waals surface area contributed by atoms with Crippen LogP contribution in [0.15, 0.2) is 72.9 Å². The summed E-state index contributed by atoms with van der Waals surface area (Å²) in [6.45, 7) is 1.50. The minimum Gasteiger partial charge on any atom is -0.496 e. The molecular weight excluding hydrogens is 561 g/mol. The number of hydrogen-bond acceptors (Lipinski definition) is 7. The van der Waals surface area contributed by atoms with E-state index in [4.69, 9.17) is 9.47 Å². The normalized spacial score (nSPS) is 16.8. The molecule has 6 rings (SSSR count). The van der Waals surface area contributed by atoms with E-state index in [1.165, 1.54) is 19.2 Å². The SMILES string of the molecule is COc1cc2nccc(Oc3ccc(CC(=O)C4(C(=O)Cc5ccc(F)cc5)CC4)cc3)c2cc1C(=O)NC[C@@H]1CCCN1. The van der Waals surface area contributed by atoms with Crippen LogP contribution in [0.5, 0.6) is 17.2 Å². The van der Waals surface area contributed by atoms with Gasteiger partial charge >= 0.3 is 0 Å². The average Bonchev–Trinajstić information content (AvgIpc) is 3.70. The summed E-state index contributed by atoms with van der Waals surface area (Å²) in [6, 6.07) is 18.5. The average molecular weight is 596 g/mol. The number of ether oxygens (including phenoxy) is 2. The van der Waals surface area contributed by atoms with Crippen molar-refractivity contribution in [1.82, 2.24) is 15.6 Å². The molecule has 2 N–H and O–H groups in total. The molecule has 1 aromatic heterocycles. The lowest BCUT2D eigenvalue weighted by atomic mass is 9.88. The second kappa shape index (κ2) is 12.5. The number of nitrogens with one attached hydrogen (secondary N) is 2. The van der Waals surface area contributed by atoms with E-state index in [9.17, 15) is 18.8 Å². The van der Waals surface area contributed by atoms with Gasteiger partial charge in [0.25, 0.3) is 5.91 Å². The van der Waals surface area contributed by atoms with Crippen LogP contribution >= 0.6 is 0 Å². The van der Waals surface area contributed by atoms with Gasteiger partial charge in [-0.1, -0.05) is 24.3 Å². The van der Waals surface area contributed by atoms with E-state index >= 15 is 0 Å². The summed E-state index contributed by atoms with van der Waals surface area (Å²) in [7, 11) is 1.52. The molecule has 0 unspecified atom stereocenters. The third-order valence-corrected chi connectivity index (χ3v) is 8.55. The Balaban J connectivity index is 1.13. The van der Waals surface area contributed by atoms with Crippen LogP contribution < -0.4 is 20.1 Å². The highest BCUT2D eigenvalue weighted by Crippen LogP contribution is 2.49. The minimum absolute atomic E-state index is 0.0955. The lowest BCUT2D eigenvalue weighted by Crippen LogP contribution is -2.37. The zero-order valence-corrected chi connectivity index (χ0v) is 24.5. The number of hydrogen-bond donors (Lipinski definition) is 2. The quantitative estimate of drug-likeness (QED) is 0.213. The van der Waals surface area contributed by atoms with Crippen molar-refractivity contribution >= 4 is 28.4 Å². The van der Waals surface area contributed by atoms with Gasteiger partial charge < -0.3 is 20.1 Å². The van der Waals surface area contributed by atoms with Crippen molar-refractivity contribution < 1.29 is 28.2 Å². The van der Waals surface area contributed by atoms with Crippen LogP contribution in [0.1, 0.15) is 47.2 Å². The van der Waals surface area contributed by atoms with Gasteiger partial charge in [-0.05, 0) is 79.8 Å². The summed E-state index contributed by atoms with van der Waals surface area (Å²) in [4.78, 5) is 43.7. The largest absolute Gasteiger partial charge is 0.496 e. The van der Waals surface area contributed by atoms with E-state index < -0.39 is 5.41 Å². The number of benzene rings is 3. The number of methoxy groups -OCH3 is 1. The fourth-order valence-corrected chi connectivity index (χ4v) is 5.78. The third kappa shape index (κ3) is 6.33. The first kappa shape index (κ1) is 29.4. The van der Waals surface area contributed by atoms with Crippen LogP contribution in [-0.2, 0) is 22.4 Å². The maximum absolute atomic E-state index is 13.2. The zero-order valence-electron chi connectivity index (χ0n) is 24.5. The maximum Gasteiger partial charge on any atom is 0.255 e. The van der Waals surface area contributed by atoms with Crippen LogP contribution in [0.3, 0.4) is 0 Å². The zero-order chi connectivity index (χ0) is 30.7. The van der Waals surface area contributed by atoms with E-state index in [0.29, 0.717) is 58.7 Å². The Morgan fingerprint density at radius 3 is 2.25 bits per heavy atom. The van der Waals surface area contributed by atoms with Gasteiger partial charge in [-0.3, -0.25) is 19.4 Å². The molecular formula is C35H34FN3O5. The predicted octanol–water partition coefficient (Wildman–Crippen LogP) is 5.36. The van der Waals surface area contributed by atoms with E-state index in [0.717, 1.165) is 24.9 Å². The first-order valence-electron chi connectivity index (χ1n) is 14.9. The van der Waals surface area contributed by atoms with E-state index in [-0.39, 0.29) is 42.2 Å². The van der Waals surface area contributed by atoms with Crippen LogP contribution in [0.4, 0.5) is 4.39 Å². The summed E-state index contributed by atoms with van der Waals surface area (Å²) in [6.07, 6.45) is 5.11. The Labute approximate surface area is 255 Å². The molecule has 0 bridgehead atoms. The van der Waals surface area contributed by atoms with Gasteiger partial charge in [0.2, 0.25) is 0 Å². The second-order valence-corrected chi connectivity index (χ2v) is 11.5. The molecule has 226 valence electrons. The highest BCUT2D eigenvalue weighted by molar-refractivity contribution is 6.11. The van der Waals surface area contributed by atoms with Crippen LogP contribution in [0.25, 0.3) is 10.9 Å². The second-order valence-electron chi connectivity index (χ2n) is 11.5. The molecule has 2 fully saturated rings. The third-order valence-electron chi connectivity index (χ3n) is 8.55. The molecule has 2 aliphatic rings. The summed E-state index contributed by atoms with van der Waals surface area (Å²) >= 11 is 0. The predicted molar refractivity (Wildman–Crippen MR) is 164 cm³/mol. The first-order chi connectivity index (χ1) is 21.3. The van der Waals surface area contributed by atoms with Crippen molar-refractivity contribution in [2.45, 2.75) is 44.6 Å². The summed E-state index contributed by atoms with van der Waals surface area (Å²) in [5.74, 6) is 0.708. The van der Waals surface area contributed by atoms with Crippen molar-refractivity contribution in [2.75, 3.05) is 20.2 Å². The number of fused-ring (bicyclic) bond motifs is 1. The molecule has 1 saturated heterocycles. The van der Waals surface area contributed by atoms with Gasteiger partial charge in [0, 0.05) is 43.1 Å². The molecule has 1 aliphatic carbocycles. The van der Waals surface area contributed by atoms with Crippen LogP contribution in [-0.4, -0.2) is 48.7 Å². The Kier molecular flexibility index (Phi) is 8.39. The Bertz CT molecular complexity index is 1690. The Morgan fingerprint density at radius 2 is 1.64 bits per heavy atom. The molecule has 1 amide bonds. The molecule has 3 aromatic carbocycles. The molecule has 4 aromatic rings. The number of pyridine rings is 1. The molecule has 0 radical (unpaired) electrons. The number of carbonyl (C=O) groups excluding carboxylic acids is 3. The molecule has 8 nitrogen and oxygen atoms in total. The monoisotopic (exact) mass is 595 g/mol.